The van der Waals surface area contributed by atoms with Gasteiger partial charge in [-0.1, -0.05) is 23.1 Å². The van der Waals surface area contributed by atoms with Crippen molar-refractivity contribution in [2.75, 3.05) is 12.4 Å². The highest BCUT2D eigenvalue weighted by Gasteiger charge is 2.59. The fraction of sp³-hybridized carbons (Fsp3) is 0.600. The van der Waals surface area contributed by atoms with E-state index in [1.54, 1.807) is 5.32 Å². The molecule has 0 saturated carbocycles. The Bertz CT molecular complexity index is 495. The molecule has 1 aromatic heterocycles. The van der Waals surface area contributed by atoms with E-state index in [0.29, 0.717) is 11.3 Å². The number of amides is 1. The number of hydrogen-bond acceptors (Lipinski definition) is 7. The van der Waals surface area contributed by atoms with Crippen LogP contribution in [-0.2, 0) is 14.3 Å². The van der Waals surface area contributed by atoms with E-state index in [1.807, 2.05) is 0 Å². The van der Waals surface area contributed by atoms with Gasteiger partial charge in [0.1, 0.15) is 5.51 Å². The third-order valence-corrected chi connectivity index (χ3v) is 4.17. The molecule has 6 nitrogen and oxygen atoms in total. The number of nitrogens with one attached hydrogen (secondary N) is 1. The molecule has 118 valence electrons. The average molecular weight is 343 g/mol. The number of nitrogens with zero attached hydrogens (tertiary/aromatic N) is 2. The highest BCUT2D eigenvalue weighted by atomic mass is 32.2. The average Bonchev–Trinajstić information content (AvgIpc) is 2.88. The van der Waals surface area contributed by atoms with Crippen LogP contribution < -0.4 is 5.32 Å². The van der Waals surface area contributed by atoms with Gasteiger partial charge >= 0.3 is 12.1 Å². The van der Waals surface area contributed by atoms with Crippen LogP contribution in [0.15, 0.2) is 9.85 Å². The third-order valence-electron chi connectivity index (χ3n) is 2.31. The molecule has 0 aliphatic heterocycles. The summed E-state index contributed by atoms with van der Waals surface area (Å²) in [5.74, 6) is -2.82. The molecule has 1 unspecified atom stereocenters. The summed E-state index contributed by atoms with van der Waals surface area (Å²) in [6, 6.07) is 0. The van der Waals surface area contributed by atoms with E-state index < -0.39 is 23.6 Å². The Hall–Kier alpha value is -1.36. The van der Waals surface area contributed by atoms with Gasteiger partial charge in [-0.25, -0.2) is 4.79 Å². The molecule has 0 aliphatic carbocycles. The van der Waals surface area contributed by atoms with Crippen LogP contribution in [0.1, 0.15) is 13.8 Å². The monoisotopic (exact) mass is 343 g/mol. The number of halogens is 3. The molecule has 1 N–H and O–H groups in total. The van der Waals surface area contributed by atoms with Crippen molar-refractivity contribution in [1.29, 1.82) is 0 Å². The topological polar surface area (TPSA) is 81.2 Å². The van der Waals surface area contributed by atoms with Crippen molar-refractivity contribution in [3.05, 3.63) is 5.51 Å². The van der Waals surface area contributed by atoms with Gasteiger partial charge in [0.05, 0.1) is 12.4 Å². The van der Waals surface area contributed by atoms with Crippen LogP contribution in [0, 0.1) is 0 Å². The quantitative estimate of drug-likeness (QED) is 0.625. The van der Waals surface area contributed by atoms with Crippen LogP contribution in [0.25, 0.3) is 0 Å². The lowest BCUT2D eigenvalue weighted by Gasteiger charge is -2.30. The molecular weight excluding hydrogens is 331 g/mol. The van der Waals surface area contributed by atoms with Gasteiger partial charge in [-0.15, -0.1) is 10.2 Å². The number of carbonyl (C=O) groups is 2. The number of hydrogen-bond donors (Lipinski definition) is 1. The summed E-state index contributed by atoms with van der Waals surface area (Å²) in [4.78, 5) is 23.1. The Morgan fingerprint density at radius 3 is 2.62 bits per heavy atom. The number of ether oxygens (including phenoxy) is 1. The molecular formula is C10H12F3N3O3S2. The fourth-order valence-electron chi connectivity index (χ4n) is 1.18. The maximum absolute atomic E-state index is 13.0. The van der Waals surface area contributed by atoms with Crippen molar-refractivity contribution in [3.8, 4) is 0 Å². The number of aromatic nitrogens is 2. The molecule has 0 bridgehead atoms. The summed E-state index contributed by atoms with van der Waals surface area (Å²) in [5.41, 5.74) is -1.65. The summed E-state index contributed by atoms with van der Waals surface area (Å²) in [7, 11) is 0. The molecule has 21 heavy (non-hydrogen) atoms. The van der Waals surface area contributed by atoms with Crippen LogP contribution in [0.3, 0.4) is 0 Å². The molecule has 1 amide bonds. The van der Waals surface area contributed by atoms with Crippen LogP contribution in [-0.4, -0.2) is 46.1 Å². The molecule has 0 aromatic carbocycles. The predicted octanol–water partition coefficient (Wildman–Crippen LogP) is 1.63. The minimum absolute atomic E-state index is 0.222. The lowest BCUT2D eigenvalue weighted by molar-refractivity contribution is -0.210. The number of esters is 1. The predicted molar refractivity (Wildman–Crippen MR) is 69.9 cm³/mol. The van der Waals surface area contributed by atoms with Gasteiger partial charge < -0.3 is 10.1 Å². The van der Waals surface area contributed by atoms with E-state index in [2.05, 4.69) is 14.9 Å². The first-order chi connectivity index (χ1) is 9.70. The van der Waals surface area contributed by atoms with E-state index in [0.717, 1.165) is 23.1 Å². The summed E-state index contributed by atoms with van der Waals surface area (Å²) in [5, 5.41) is 8.84. The van der Waals surface area contributed by atoms with Crippen molar-refractivity contribution < 1.29 is 27.5 Å². The molecule has 1 aromatic rings. The van der Waals surface area contributed by atoms with Gasteiger partial charge in [0, 0.05) is 0 Å². The lowest BCUT2D eigenvalue weighted by atomic mass is 10.0. The summed E-state index contributed by atoms with van der Waals surface area (Å²) in [6.45, 7) is 1.72. The minimum atomic E-state index is -4.97. The van der Waals surface area contributed by atoms with Gasteiger partial charge in [0.2, 0.25) is 11.4 Å². The molecule has 1 rings (SSSR count). The van der Waals surface area contributed by atoms with E-state index in [-0.39, 0.29) is 12.4 Å². The molecule has 0 aliphatic rings. The molecule has 1 atom stereocenters. The van der Waals surface area contributed by atoms with Gasteiger partial charge in [-0.3, -0.25) is 4.79 Å². The second-order valence-electron chi connectivity index (χ2n) is 3.88. The SMILES string of the molecule is CCOC(=O)C(C)(NC(=O)CSc1nncs1)C(F)(F)F. The van der Waals surface area contributed by atoms with Crippen molar-refractivity contribution in [2.45, 2.75) is 29.9 Å². The van der Waals surface area contributed by atoms with E-state index in [1.165, 1.54) is 12.4 Å². The van der Waals surface area contributed by atoms with E-state index in [4.69, 9.17) is 0 Å². The summed E-state index contributed by atoms with van der Waals surface area (Å²) >= 11 is 2.07. The number of carbonyl (C=O) groups excluding carboxylic acids is 2. The maximum atomic E-state index is 13.0. The van der Waals surface area contributed by atoms with Crippen LogP contribution >= 0.6 is 23.1 Å². The van der Waals surface area contributed by atoms with Gasteiger partial charge in [-0.2, -0.15) is 13.2 Å². The first-order valence-electron chi connectivity index (χ1n) is 5.64. The van der Waals surface area contributed by atoms with E-state index >= 15 is 0 Å². The molecule has 0 radical (unpaired) electrons. The molecule has 11 heteroatoms. The van der Waals surface area contributed by atoms with Gasteiger partial charge in [-0.05, 0) is 13.8 Å². The molecule has 0 spiro atoms. The number of thioether (sulfide) groups is 1. The Morgan fingerprint density at radius 1 is 1.48 bits per heavy atom. The molecule has 0 fully saturated rings. The first-order valence-corrected chi connectivity index (χ1v) is 7.51. The van der Waals surface area contributed by atoms with E-state index in [9.17, 15) is 22.8 Å². The lowest BCUT2D eigenvalue weighted by Crippen LogP contribution is -2.62. The Balaban J connectivity index is 2.72. The van der Waals surface area contributed by atoms with Crippen LogP contribution in [0.4, 0.5) is 13.2 Å². The van der Waals surface area contributed by atoms with Crippen molar-refractivity contribution in [2.24, 2.45) is 0 Å². The number of alkyl halides is 3. The third kappa shape index (κ3) is 4.56. The van der Waals surface area contributed by atoms with Crippen molar-refractivity contribution >= 4 is 35.0 Å². The first kappa shape index (κ1) is 17.7. The molecule has 1 heterocycles. The zero-order chi connectivity index (χ0) is 16.1. The zero-order valence-corrected chi connectivity index (χ0v) is 12.7. The van der Waals surface area contributed by atoms with Crippen LogP contribution in [0.5, 0.6) is 0 Å². The zero-order valence-electron chi connectivity index (χ0n) is 11.1. The highest BCUT2D eigenvalue weighted by molar-refractivity contribution is 8.01. The normalized spacial score (nSPS) is 14.3. The number of rotatable bonds is 6. The fourth-order valence-corrected chi connectivity index (χ4v) is 2.47. The van der Waals surface area contributed by atoms with Crippen molar-refractivity contribution in [3.63, 3.8) is 0 Å². The Morgan fingerprint density at radius 2 is 2.14 bits per heavy atom. The summed E-state index contributed by atoms with van der Waals surface area (Å²) < 4.78 is 43.9. The summed E-state index contributed by atoms with van der Waals surface area (Å²) in [6.07, 6.45) is -4.97. The highest BCUT2D eigenvalue weighted by Crippen LogP contribution is 2.31. The van der Waals surface area contributed by atoms with Gasteiger partial charge in [0.15, 0.2) is 4.34 Å². The Labute approximate surface area is 126 Å². The van der Waals surface area contributed by atoms with Gasteiger partial charge in [0.25, 0.3) is 0 Å². The minimum Gasteiger partial charge on any atom is -0.464 e. The van der Waals surface area contributed by atoms with Crippen molar-refractivity contribution in [1.82, 2.24) is 15.5 Å². The second-order valence-corrected chi connectivity index (χ2v) is 5.94. The molecule has 0 saturated heterocycles. The second kappa shape index (κ2) is 7.07. The Kier molecular flexibility index (Phi) is 5.96. The smallest absolute Gasteiger partial charge is 0.422 e. The largest absolute Gasteiger partial charge is 0.464 e. The van der Waals surface area contributed by atoms with Crippen LogP contribution in [0.2, 0.25) is 0 Å². The standard InChI is InChI=1S/C10H12F3N3O3S2/c1-3-19-7(18)9(2,10(11,12)13)15-6(17)4-20-8-16-14-5-21-8/h5H,3-4H2,1-2H3,(H,15,17). The maximum Gasteiger partial charge on any atom is 0.422 e.